The van der Waals surface area contributed by atoms with E-state index in [9.17, 15) is 0 Å². The van der Waals surface area contributed by atoms with Crippen molar-refractivity contribution in [1.29, 1.82) is 0 Å². The Labute approximate surface area is 64.7 Å². The minimum absolute atomic E-state index is 0.947. The van der Waals surface area contributed by atoms with Crippen LogP contribution in [0.25, 0.3) is 0 Å². The second-order valence-corrected chi connectivity index (χ2v) is 9.03. The number of hydrogen-bond donors (Lipinski definition) is 0. The van der Waals surface area contributed by atoms with Crippen LogP contribution < -0.4 is 0 Å². The Morgan fingerprint density at radius 1 is 1.20 bits per heavy atom. The maximum atomic E-state index is 2.41. The molecule has 0 saturated carbocycles. The zero-order valence-electron chi connectivity index (χ0n) is 7.15. The number of rotatable bonds is 1. The van der Waals surface area contributed by atoms with Crippen LogP contribution in [-0.2, 0) is 0 Å². The molecule has 0 heterocycles. The van der Waals surface area contributed by atoms with Crippen molar-refractivity contribution in [3.05, 3.63) is 23.4 Å². The summed E-state index contributed by atoms with van der Waals surface area (Å²) in [5.74, 6) is 0. The summed E-state index contributed by atoms with van der Waals surface area (Å²) >= 11 is 0. The van der Waals surface area contributed by atoms with Crippen molar-refractivity contribution in [1.82, 2.24) is 0 Å². The highest BCUT2D eigenvalue weighted by Crippen LogP contribution is 2.21. The zero-order valence-corrected chi connectivity index (χ0v) is 8.15. The second-order valence-electron chi connectivity index (χ2n) is 3.89. The highest BCUT2D eigenvalue weighted by atomic mass is 28.3. The standard InChI is InChI=1S/C9H16Si/c1-10(2,3)9-7-5-4-6-8-9/h4-5,8H,6-7H2,1-3H3. The Morgan fingerprint density at radius 3 is 2.20 bits per heavy atom. The van der Waals surface area contributed by atoms with Gasteiger partial charge in [0.1, 0.15) is 0 Å². The molecule has 1 heteroatoms. The van der Waals surface area contributed by atoms with Crippen molar-refractivity contribution >= 4 is 8.07 Å². The fraction of sp³-hybridized carbons (Fsp3) is 0.556. The predicted octanol–water partition coefficient (Wildman–Crippen LogP) is 3.14. The van der Waals surface area contributed by atoms with Gasteiger partial charge < -0.3 is 0 Å². The van der Waals surface area contributed by atoms with Crippen molar-refractivity contribution in [3.8, 4) is 0 Å². The molecular formula is C9H16Si. The Balaban J connectivity index is 2.65. The molecular weight excluding hydrogens is 136 g/mol. The van der Waals surface area contributed by atoms with E-state index < -0.39 is 8.07 Å². The maximum absolute atomic E-state index is 2.41. The summed E-state index contributed by atoms with van der Waals surface area (Å²) in [7, 11) is -0.947. The molecule has 0 aromatic rings. The Morgan fingerprint density at radius 2 is 1.90 bits per heavy atom. The molecule has 10 heavy (non-hydrogen) atoms. The summed E-state index contributed by atoms with van der Waals surface area (Å²) in [4.78, 5) is 0. The largest absolute Gasteiger partial charge is 0.0851 e. The SMILES string of the molecule is C[Si](C)(C)C1=CCC=CC1. The summed E-state index contributed by atoms with van der Waals surface area (Å²) in [5.41, 5.74) is 0. The average Bonchev–Trinajstić information content (AvgIpc) is 1.88. The molecule has 0 spiro atoms. The molecule has 0 aromatic heterocycles. The third-order valence-corrected chi connectivity index (χ3v) is 4.30. The zero-order chi connectivity index (χ0) is 7.61. The number of allylic oxidation sites excluding steroid dienone is 4. The summed E-state index contributed by atoms with van der Waals surface area (Å²) < 4.78 is 0. The first kappa shape index (κ1) is 7.80. The molecule has 0 fully saturated rings. The molecule has 0 aromatic carbocycles. The van der Waals surface area contributed by atoms with E-state index in [2.05, 4.69) is 37.9 Å². The Bertz CT molecular complexity index is 170. The van der Waals surface area contributed by atoms with E-state index in [1.807, 2.05) is 0 Å². The van der Waals surface area contributed by atoms with Crippen LogP contribution in [0.3, 0.4) is 0 Å². The van der Waals surface area contributed by atoms with E-state index in [1.54, 1.807) is 5.20 Å². The van der Waals surface area contributed by atoms with Crippen LogP contribution >= 0.6 is 0 Å². The van der Waals surface area contributed by atoms with E-state index in [-0.39, 0.29) is 0 Å². The fourth-order valence-electron chi connectivity index (χ4n) is 1.21. The monoisotopic (exact) mass is 152 g/mol. The van der Waals surface area contributed by atoms with Crippen LogP contribution in [0.1, 0.15) is 12.8 Å². The van der Waals surface area contributed by atoms with Crippen LogP contribution in [-0.4, -0.2) is 8.07 Å². The highest BCUT2D eigenvalue weighted by molar-refractivity contribution is 6.83. The minimum atomic E-state index is -0.947. The molecule has 1 aliphatic carbocycles. The topological polar surface area (TPSA) is 0 Å². The van der Waals surface area contributed by atoms with Gasteiger partial charge in [-0.05, 0) is 12.8 Å². The number of hydrogen-bond acceptors (Lipinski definition) is 0. The molecule has 0 bridgehead atoms. The van der Waals surface area contributed by atoms with Crippen molar-refractivity contribution in [3.63, 3.8) is 0 Å². The van der Waals surface area contributed by atoms with Gasteiger partial charge in [-0.2, -0.15) is 0 Å². The van der Waals surface area contributed by atoms with E-state index in [0.29, 0.717) is 0 Å². The van der Waals surface area contributed by atoms with Crippen molar-refractivity contribution in [2.75, 3.05) is 0 Å². The first-order chi connectivity index (χ1) is 4.61. The first-order valence-corrected chi connectivity index (χ1v) is 7.45. The van der Waals surface area contributed by atoms with Crippen LogP contribution in [0.5, 0.6) is 0 Å². The summed E-state index contributed by atoms with van der Waals surface area (Å²) in [6.45, 7) is 7.24. The third-order valence-electron chi connectivity index (χ3n) is 1.97. The second kappa shape index (κ2) is 2.75. The minimum Gasteiger partial charge on any atom is -0.0851 e. The molecule has 0 atom stereocenters. The smallest absolute Gasteiger partial charge is 0.0724 e. The Kier molecular flexibility index (Phi) is 2.14. The van der Waals surface area contributed by atoms with Crippen molar-refractivity contribution in [2.24, 2.45) is 0 Å². The molecule has 56 valence electrons. The fourth-order valence-corrected chi connectivity index (χ4v) is 2.67. The summed E-state index contributed by atoms with van der Waals surface area (Å²) in [6, 6.07) is 0. The molecule has 0 N–H and O–H groups in total. The van der Waals surface area contributed by atoms with Crippen LogP contribution in [0, 0.1) is 0 Å². The highest BCUT2D eigenvalue weighted by Gasteiger charge is 2.18. The van der Waals surface area contributed by atoms with Gasteiger partial charge >= 0.3 is 0 Å². The molecule has 0 aliphatic heterocycles. The van der Waals surface area contributed by atoms with Crippen LogP contribution in [0.15, 0.2) is 23.4 Å². The lowest BCUT2D eigenvalue weighted by atomic mass is 10.2. The van der Waals surface area contributed by atoms with Gasteiger partial charge in [-0.1, -0.05) is 43.1 Å². The lowest BCUT2D eigenvalue weighted by molar-refractivity contribution is 1.18. The molecule has 1 rings (SSSR count). The lowest BCUT2D eigenvalue weighted by Gasteiger charge is -2.21. The van der Waals surface area contributed by atoms with Gasteiger partial charge in [-0.15, -0.1) is 0 Å². The molecule has 0 saturated heterocycles. The van der Waals surface area contributed by atoms with E-state index in [4.69, 9.17) is 0 Å². The molecule has 0 amide bonds. The molecule has 0 unspecified atom stereocenters. The van der Waals surface area contributed by atoms with Gasteiger partial charge in [0, 0.05) is 0 Å². The molecule has 0 radical (unpaired) electrons. The van der Waals surface area contributed by atoms with Gasteiger partial charge in [-0.3, -0.25) is 0 Å². The van der Waals surface area contributed by atoms with E-state index >= 15 is 0 Å². The van der Waals surface area contributed by atoms with Gasteiger partial charge in [0.2, 0.25) is 0 Å². The maximum Gasteiger partial charge on any atom is 0.0724 e. The van der Waals surface area contributed by atoms with Gasteiger partial charge in [0.25, 0.3) is 0 Å². The van der Waals surface area contributed by atoms with Crippen LogP contribution in [0.4, 0.5) is 0 Å². The van der Waals surface area contributed by atoms with Crippen molar-refractivity contribution in [2.45, 2.75) is 32.5 Å². The van der Waals surface area contributed by atoms with E-state index in [0.717, 1.165) is 0 Å². The Hall–Kier alpha value is -0.303. The van der Waals surface area contributed by atoms with Gasteiger partial charge in [-0.25, -0.2) is 0 Å². The van der Waals surface area contributed by atoms with Crippen molar-refractivity contribution < 1.29 is 0 Å². The van der Waals surface area contributed by atoms with Crippen LogP contribution in [0.2, 0.25) is 19.6 Å². The normalized spacial score (nSPS) is 18.9. The third kappa shape index (κ3) is 1.84. The quantitative estimate of drug-likeness (QED) is 0.400. The van der Waals surface area contributed by atoms with Gasteiger partial charge in [0.05, 0.1) is 8.07 Å². The predicted molar refractivity (Wildman–Crippen MR) is 49.8 cm³/mol. The van der Waals surface area contributed by atoms with Gasteiger partial charge in [0.15, 0.2) is 0 Å². The summed E-state index contributed by atoms with van der Waals surface area (Å²) in [6.07, 6.45) is 9.35. The average molecular weight is 152 g/mol. The lowest BCUT2D eigenvalue weighted by Crippen LogP contribution is -2.24. The van der Waals surface area contributed by atoms with E-state index in [1.165, 1.54) is 12.8 Å². The first-order valence-electron chi connectivity index (χ1n) is 3.95. The molecule has 0 nitrogen and oxygen atoms in total. The summed E-state index contributed by atoms with van der Waals surface area (Å²) in [5, 5.41) is 1.72. The molecule has 1 aliphatic rings.